The molecule has 1 N–H and O–H groups in total. The van der Waals surface area contributed by atoms with Crippen molar-refractivity contribution in [2.45, 2.75) is 42.7 Å². The number of amides is 2. The molecule has 0 saturated carbocycles. The minimum Gasteiger partial charge on any atom is -0.354 e. The van der Waals surface area contributed by atoms with E-state index < -0.39 is 0 Å². The molecule has 2 amide bonds. The van der Waals surface area contributed by atoms with Crippen LogP contribution in [-0.2, 0) is 4.79 Å². The van der Waals surface area contributed by atoms with Crippen LogP contribution >= 0.6 is 11.8 Å². The second kappa shape index (κ2) is 7.70. The SMILES string of the molecule is CC[C@H](C)NC(=O)CCN1C(=O)c2cccnc2Sc2ccccc21. The summed E-state index contributed by atoms with van der Waals surface area (Å²) in [5.74, 6) is -0.153. The first-order chi connectivity index (χ1) is 12.1. The Labute approximate surface area is 151 Å². The Morgan fingerprint density at radius 3 is 2.88 bits per heavy atom. The number of rotatable bonds is 5. The lowest BCUT2D eigenvalue weighted by atomic mass is 10.2. The molecule has 1 aromatic carbocycles. The third-order valence-corrected chi connectivity index (χ3v) is 5.28. The molecule has 0 unspecified atom stereocenters. The average Bonchev–Trinajstić information content (AvgIpc) is 2.74. The second-order valence-corrected chi connectivity index (χ2v) is 7.04. The molecule has 0 bridgehead atoms. The first-order valence-corrected chi connectivity index (χ1v) is 9.25. The fraction of sp³-hybridized carbons (Fsp3) is 0.316. The molecule has 1 aliphatic heterocycles. The maximum absolute atomic E-state index is 13.0. The van der Waals surface area contributed by atoms with Crippen molar-refractivity contribution in [2.24, 2.45) is 0 Å². The van der Waals surface area contributed by atoms with Crippen molar-refractivity contribution in [3.05, 3.63) is 48.2 Å². The van der Waals surface area contributed by atoms with E-state index in [2.05, 4.69) is 10.3 Å². The summed E-state index contributed by atoms with van der Waals surface area (Å²) in [4.78, 5) is 32.2. The molecule has 6 heteroatoms. The van der Waals surface area contributed by atoms with Gasteiger partial charge in [0.2, 0.25) is 5.91 Å². The lowest BCUT2D eigenvalue weighted by Crippen LogP contribution is -2.37. The van der Waals surface area contributed by atoms with Gasteiger partial charge in [0.1, 0.15) is 5.03 Å². The van der Waals surface area contributed by atoms with Crippen LogP contribution in [0.4, 0.5) is 5.69 Å². The number of hydrogen-bond acceptors (Lipinski definition) is 4. The topological polar surface area (TPSA) is 62.3 Å². The summed E-state index contributed by atoms with van der Waals surface area (Å²) < 4.78 is 0. The summed E-state index contributed by atoms with van der Waals surface area (Å²) in [6, 6.07) is 11.4. The van der Waals surface area contributed by atoms with E-state index in [9.17, 15) is 9.59 Å². The van der Waals surface area contributed by atoms with Gasteiger partial charge in [0.05, 0.1) is 11.3 Å². The van der Waals surface area contributed by atoms with Gasteiger partial charge in [-0.3, -0.25) is 9.59 Å². The standard InChI is InChI=1S/C19H21N3O2S/c1-3-13(2)21-17(23)10-12-22-15-8-4-5-9-16(15)25-18-14(19(22)24)7-6-11-20-18/h4-9,11,13H,3,10,12H2,1-2H3,(H,21,23)/t13-/m0/s1. The molecule has 1 atom stereocenters. The van der Waals surface area contributed by atoms with Gasteiger partial charge in [0, 0.05) is 30.1 Å². The van der Waals surface area contributed by atoms with Crippen LogP contribution in [0.1, 0.15) is 37.0 Å². The van der Waals surface area contributed by atoms with Crippen molar-refractivity contribution in [3.63, 3.8) is 0 Å². The fourth-order valence-electron chi connectivity index (χ4n) is 2.64. The van der Waals surface area contributed by atoms with E-state index in [0.717, 1.165) is 17.0 Å². The third-order valence-electron chi connectivity index (χ3n) is 4.19. The van der Waals surface area contributed by atoms with Gasteiger partial charge in [-0.1, -0.05) is 30.8 Å². The highest BCUT2D eigenvalue weighted by Crippen LogP contribution is 2.39. The van der Waals surface area contributed by atoms with E-state index in [4.69, 9.17) is 0 Å². The van der Waals surface area contributed by atoms with Crippen LogP contribution in [-0.4, -0.2) is 29.4 Å². The summed E-state index contributed by atoms with van der Waals surface area (Å²) >= 11 is 1.49. The predicted molar refractivity (Wildman–Crippen MR) is 99.0 cm³/mol. The molecular weight excluding hydrogens is 334 g/mol. The Balaban J connectivity index is 1.86. The smallest absolute Gasteiger partial charge is 0.261 e. The Morgan fingerprint density at radius 1 is 1.28 bits per heavy atom. The Hall–Kier alpha value is -2.34. The first-order valence-electron chi connectivity index (χ1n) is 8.43. The summed E-state index contributed by atoms with van der Waals surface area (Å²) in [7, 11) is 0. The molecule has 0 fully saturated rings. The highest BCUT2D eigenvalue weighted by Gasteiger charge is 2.28. The van der Waals surface area contributed by atoms with Gasteiger partial charge in [-0.25, -0.2) is 4.98 Å². The largest absolute Gasteiger partial charge is 0.354 e. The molecule has 5 nitrogen and oxygen atoms in total. The number of aromatic nitrogens is 1. The van der Waals surface area contributed by atoms with Crippen LogP contribution in [0.2, 0.25) is 0 Å². The van der Waals surface area contributed by atoms with Gasteiger partial charge < -0.3 is 10.2 Å². The molecule has 1 aromatic heterocycles. The number of anilines is 1. The van der Waals surface area contributed by atoms with Gasteiger partial charge in [0.25, 0.3) is 5.91 Å². The monoisotopic (exact) mass is 355 g/mol. The summed E-state index contributed by atoms with van der Waals surface area (Å²) in [5.41, 5.74) is 1.40. The maximum atomic E-state index is 13.0. The molecule has 0 spiro atoms. The Kier molecular flexibility index (Phi) is 5.38. The molecule has 2 aromatic rings. The fourth-order valence-corrected chi connectivity index (χ4v) is 3.66. The molecule has 0 aliphatic carbocycles. The van der Waals surface area contributed by atoms with Crippen molar-refractivity contribution < 1.29 is 9.59 Å². The molecule has 25 heavy (non-hydrogen) atoms. The van der Waals surface area contributed by atoms with Crippen LogP contribution in [0.15, 0.2) is 52.5 Å². The molecule has 130 valence electrons. The van der Waals surface area contributed by atoms with Crippen LogP contribution in [0, 0.1) is 0 Å². The van der Waals surface area contributed by atoms with Crippen LogP contribution < -0.4 is 10.2 Å². The maximum Gasteiger partial charge on any atom is 0.261 e. The average molecular weight is 355 g/mol. The molecule has 0 saturated heterocycles. The molecule has 0 radical (unpaired) electrons. The minimum absolute atomic E-state index is 0.0389. The number of hydrogen-bond donors (Lipinski definition) is 1. The van der Waals surface area contributed by atoms with Gasteiger partial charge in [-0.05, 0) is 37.6 Å². The summed E-state index contributed by atoms with van der Waals surface area (Å²) in [5, 5.41) is 3.65. The van der Waals surface area contributed by atoms with Crippen LogP contribution in [0.3, 0.4) is 0 Å². The van der Waals surface area contributed by atoms with E-state index in [1.807, 2.05) is 38.1 Å². The molecule has 3 rings (SSSR count). The number of para-hydroxylation sites is 1. The number of benzene rings is 1. The van der Waals surface area contributed by atoms with E-state index in [0.29, 0.717) is 17.1 Å². The van der Waals surface area contributed by atoms with Crippen molar-refractivity contribution in [1.82, 2.24) is 10.3 Å². The molecular formula is C19H21N3O2S. The van der Waals surface area contributed by atoms with Gasteiger partial charge >= 0.3 is 0 Å². The van der Waals surface area contributed by atoms with Crippen molar-refractivity contribution in [2.75, 3.05) is 11.4 Å². The first kappa shape index (κ1) is 17.5. The predicted octanol–water partition coefficient (Wildman–Crippen LogP) is 3.50. The van der Waals surface area contributed by atoms with E-state index in [1.54, 1.807) is 23.2 Å². The quantitative estimate of drug-likeness (QED) is 0.892. The van der Waals surface area contributed by atoms with Crippen LogP contribution in [0.5, 0.6) is 0 Å². The van der Waals surface area contributed by atoms with Gasteiger partial charge in [-0.15, -0.1) is 0 Å². The molecule has 2 heterocycles. The van der Waals surface area contributed by atoms with Crippen LogP contribution in [0.25, 0.3) is 0 Å². The highest BCUT2D eigenvalue weighted by atomic mass is 32.2. The zero-order valence-electron chi connectivity index (χ0n) is 14.4. The van der Waals surface area contributed by atoms with Crippen molar-refractivity contribution in [3.8, 4) is 0 Å². The van der Waals surface area contributed by atoms with E-state index in [1.165, 1.54) is 11.8 Å². The minimum atomic E-state index is -0.114. The lowest BCUT2D eigenvalue weighted by Gasteiger charge is -2.23. The molecule has 1 aliphatic rings. The van der Waals surface area contributed by atoms with E-state index in [-0.39, 0.29) is 24.3 Å². The highest BCUT2D eigenvalue weighted by molar-refractivity contribution is 7.99. The zero-order chi connectivity index (χ0) is 17.8. The van der Waals surface area contributed by atoms with Crippen molar-refractivity contribution >= 4 is 29.3 Å². The number of fused-ring (bicyclic) bond motifs is 2. The number of carbonyl (C=O) groups excluding carboxylic acids is 2. The lowest BCUT2D eigenvalue weighted by molar-refractivity contribution is -0.121. The number of pyridine rings is 1. The third kappa shape index (κ3) is 3.85. The van der Waals surface area contributed by atoms with E-state index >= 15 is 0 Å². The summed E-state index contributed by atoms with van der Waals surface area (Å²) in [6.45, 7) is 4.34. The number of nitrogens with zero attached hydrogens (tertiary/aromatic N) is 2. The van der Waals surface area contributed by atoms with Gasteiger partial charge in [-0.2, -0.15) is 0 Å². The number of nitrogens with one attached hydrogen (secondary N) is 1. The van der Waals surface area contributed by atoms with Crippen molar-refractivity contribution in [1.29, 1.82) is 0 Å². The Morgan fingerprint density at radius 2 is 2.08 bits per heavy atom. The normalized spacial score (nSPS) is 14.3. The number of carbonyl (C=O) groups is 2. The summed E-state index contributed by atoms with van der Waals surface area (Å²) in [6.07, 6.45) is 2.84. The van der Waals surface area contributed by atoms with Gasteiger partial charge in [0.15, 0.2) is 0 Å². The Bertz CT molecular complexity index is 794. The zero-order valence-corrected chi connectivity index (χ0v) is 15.2. The second-order valence-electron chi connectivity index (χ2n) is 6.01.